The fourth-order valence-corrected chi connectivity index (χ4v) is 2.72. The van der Waals surface area contributed by atoms with Crippen molar-refractivity contribution in [2.24, 2.45) is 0 Å². The van der Waals surface area contributed by atoms with Crippen LogP contribution in [0.2, 0.25) is 5.02 Å². The second kappa shape index (κ2) is 7.14. The van der Waals surface area contributed by atoms with Gasteiger partial charge in [0.1, 0.15) is 5.75 Å². The number of carbonyl (C=O) groups excluding carboxylic acids is 1. The molecule has 0 atom stereocenters. The SMILES string of the molecule is CS(=O)(=O)c1ccc(Cl)c(C(=O)Nc2ccccc2OC(F)F)c1. The summed E-state index contributed by atoms with van der Waals surface area (Å²) in [4.78, 5) is 12.2. The van der Waals surface area contributed by atoms with E-state index in [1.165, 1.54) is 36.4 Å². The second-order valence-corrected chi connectivity index (χ2v) is 7.17. The Morgan fingerprint density at radius 3 is 2.50 bits per heavy atom. The van der Waals surface area contributed by atoms with Gasteiger partial charge in [0, 0.05) is 6.26 Å². The molecule has 0 aliphatic rings. The summed E-state index contributed by atoms with van der Waals surface area (Å²) in [6.45, 7) is -3.06. The van der Waals surface area contributed by atoms with Crippen LogP contribution in [0.1, 0.15) is 10.4 Å². The molecule has 0 saturated carbocycles. The molecular formula is C15H12ClF2NO4S. The van der Waals surface area contributed by atoms with Gasteiger partial charge >= 0.3 is 6.61 Å². The van der Waals surface area contributed by atoms with Gasteiger partial charge in [0.15, 0.2) is 9.84 Å². The molecular weight excluding hydrogens is 364 g/mol. The zero-order valence-electron chi connectivity index (χ0n) is 12.3. The van der Waals surface area contributed by atoms with Gasteiger partial charge in [0.2, 0.25) is 0 Å². The van der Waals surface area contributed by atoms with Crippen molar-refractivity contribution >= 4 is 33.0 Å². The predicted octanol–water partition coefficient (Wildman–Crippen LogP) is 3.60. The fourth-order valence-electron chi connectivity index (χ4n) is 1.87. The Labute approximate surface area is 142 Å². The molecule has 0 aliphatic heterocycles. The summed E-state index contributed by atoms with van der Waals surface area (Å²) in [5.74, 6) is -0.980. The summed E-state index contributed by atoms with van der Waals surface area (Å²) < 4.78 is 52.2. The highest BCUT2D eigenvalue weighted by Crippen LogP contribution is 2.27. The Morgan fingerprint density at radius 2 is 1.88 bits per heavy atom. The summed E-state index contributed by atoms with van der Waals surface area (Å²) in [7, 11) is -3.54. The van der Waals surface area contributed by atoms with E-state index in [1.54, 1.807) is 0 Å². The van der Waals surface area contributed by atoms with Gasteiger partial charge in [-0.15, -0.1) is 0 Å². The molecule has 1 N–H and O–H groups in total. The van der Waals surface area contributed by atoms with E-state index < -0.39 is 22.4 Å². The van der Waals surface area contributed by atoms with Gasteiger partial charge in [0.05, 0.1) is 21.2 Å². The maximum absolute atomic E-state index is 12.4. The molecule has 9 heteroatoms. The Kier molecular flexibility index (Phi) is 5.40. The number of nitrogens with one attached hydrogen (secondary N) is 1. The number of halogens is 3. The normalized spacial score (nSPS) is 11.4. The lowest BCUT2D eigenvalue weighted by molar-refractivity contribution is -0.0493. The molecule has 128 valence electrons. The number of anilines is 1. The third-order valence-corrected chi connectivity index (χ3v) is 4.40. The van der Waals surface area contributed by atoms with Crippen molar-refractivity contribution in [3.8, 4) is 5.75 Å². The van der Waals surface area contributed by atoms with E-state index in [-0.39, 0.29) is 26.9 Å². The first-order valence-electron chi connectivity index (χ1n) is 6.53. The first-order valence-corrected chi connectivity index (χ1v) is 8.80. The Morgan fingerprint density at radius 1 is 1.21 bits per heavy atom. The topological polar surface area (TPSA) is 72.5 Å². The number of rotatable bonds is 5. The van der Waals surface area contributed by atoms with Crippen LogP contribution in [0.15, 0.2) is 47.4 Å². The van der Waals surface area contributed by atoms with Crippen molar-refractivity contribution in [2.75, 3.05) is 11.6 Å². The van der Waals surface area contributed by atoms with Crippen molar-refractivity contribution in [1.29, 1.82) is 0 Å². The molecule has 0 saturated heterocycles. The number of alkyl halides is 2. The third kappa shape index (κ3) is 4.42. The highest BCUT2D eigenvalue weighted by atomic mass is 35.5. The minimum absolute atomic E-state index is 0.00336. The summed E-state index contributed by atoms with van der Waals surface area (Å²) in [6.07, 6.45) is 0.990. The predicted molar refractivity (Wildman–Crippen MR) is 85.6 cm³/mol. The summed E-state index contributed by atoms with van der Waals surface area (Å²) in [5, 5.41) is 2.40. The van der Waals surface area contributed by atoms with Crippen LogP contribution < -0.4 is 10.1 Å². The molecule has 0 radical (unpaired) electrons. The van der Waals surface area contributed by atoms with Gasteiger partial charge < -0.3 is 10.1 Å². The molecule has 1 amide bonds. The average molecular weight is 376 g/mol. The number of benzene rings is 2. The van der Waals surface area contributed by atoms with Crippen LogP contribution >= 0.6 is 11.6 Å². The minimum atomic E-state index is -3.54. The first kappa shape index (κ1) is 18.2. The Balaban J connectivity index is 2.34. The molecule has 0 aliphatic carbocycles. The van der Waals surface area contributed by atoms with Crippen LogP contribution in [0, 0.1) is 0 Å². The summed E-state index contributed by atoms with van der Waals surface area (Å²) in [6, 6.07) is 9.26. The molecule has 2 rings (SSSR count). The third-order valence-electron chi connectivity index (χ3n) is 2.96. The highest BCUT2D eigenvalue weighted by Gasteiger charge is 2.17. The highest BCUT2D eigenvalue weighted by molar-refractivity contribution is 7.90. The molecule has 5 nitrogen and oxygen atoms in total. The van der Waals surface area contributed by atoms with Crippen molar-refractivity contribution < 1.29 is 26.7 Å². The number of hydrogen-bond donors (Lipinski definition) is 1. The van der Waals surface area contributed by atoms with Gasteiger partial charge in [-0.2, -0.15) is 8.78 Å². The molecule has 2 aromatic rings. The van der Waals surface area contributed by atoms with Crippen LogP contribution in [0.25, 0.3) is 0 Å². The van der Waals surface area contributed by atoms with E-state index in [2.05, 4.69) is 10.1 Å². The molecule has 0 heterocycles. The lowest BCUT2D eigenvalue weighted by atomic mass is 10.2. The van der Waals surface area contributed by atoms with E-state index in [0.29, 0.717) is 0 Å². The molecule has 2 aromatic carbocycles. The largest absolute Gasteiger partial charge is 0.433 e. The molecule has 0 spiro atoms. The molecule has 0 unspecified atom stereocenters. The quantitative estimate of drug-likeness (QED) is 0.866. The van der Waals surface area contributed by atoms with Crippen molar-refractivity contribution in [3.63, 3.8) is 0 Å². The van der Waals surface area contributed by atoms with E-state index in [4.69, 9.17) is 11.6 Å². The van der Waals surface area contributed by atoms with E-state index in [0.717, 1.165) is 12.3 Å². The van der Waals surface area contributed by atoms with Crippen LogP contribution in [0.4, 0.5) is 14.5 Å². The Hall–Kier alpha value is -2.19. The van der Waals surface area contributed by atoms with Crippen molar-refractivity contribution in [3.05, 3.63) is 53.1 Å². The van der Waals surface area contributed by atoms with Crippen molar-refractivity contribution in [2.45, 2.75) is 11.5 Å². The van der Waals surface area contributed by atoms with E-state index in [1.807, 2.05) is 0 Å². The van der Waals surface area contributed by atoms with Gasteiger partial charge in [0.25, 0.3) is 5.91 Å². The molecule has 24 heavy (non-hydrogen) atoms. The van der Waals surface area contributed by atoms with Gasteiger partial charge in [-0.1, -0.05) is 23.7 Å². The monoisotopic (exact) mass is 375 g/mol. The van der Waals surface area contributed by atoms with E-state index in [9.17, 15) is 22.0 Å². The zero-order valence-corrected chi connectivity index (χ0v) is 13.9. The van der Waals surface area contributed by atoms with Crippen LogP contribution in [0.3, 0.4) is 0 Å². The van der Waals surface area contributed by atoms with Gasteiger partial charge in [-0.3, -0.25) is 4.79 Å². The summed E-state index contributed by atoms with van der Waals surface area (Å²) >= 11 is 5.92. The van der Waals surface area contributed by atoms with Gasteiger partial charge in [-0.05, 0) is 30.3 Å². The fraction of sp³-hybridized carbons (Fsp3) is 0.133. The smallest absolute Gasteiger partial charge is 0.387 e. The number of amides is 1. The second-order valence-electron chi connectivity index (χ2n) is 4.74. The lowest BCUT2D eigenvalue weighted by Crippen LogP contribution is -2.15. The standard InChI is InChI=1S/C15H12ClF2NO4S/c1-24(21,22)9-6-7-11(16)10(8-9)14(20)19-12-4-2-3-5-13(12)23-15(17)18/h2-8,15H,1H3,(H,19,20). The number of sulfone groups is 1. The van der Waals surface area contributed by atoms with Crippen LogP contribution in [-0.2, 0) is 9.84 Å². The molecule has 0 aromatic heterocycles. The maximum Gasteiger partial charge on any atom is 0.387 e. The maximum atomic E-state index is 12.4. The van der Waals surface area contributed by atoms with Crippen LogP contribution in [-0.4, -0.2) is 27.2 Å². The molecule has 0 bridgehead atoms. The zero-order chi connectivity index (χ0) is 17.9. The number of ether oxygens (including phenoxy) is 1. The number of carbonyl (C=O) groups is 1. The van der Waals surface area contributed by atoms with E-state index >= 15 is 0 Å². The van der Waals surface area contributed by atoms with Gasteiger partial charge in [-0.25, -0.2) is 8.42 Å². The van der Waals surface area contributed by atoms with Crippen molar-refractivity contribution in [1.82, 2.24) is 0 Å². The first-order chi connectivity index (χ1) is 11.2. The average Bonchev–Trinajstić information content (AvgIpc) is 2.48. The number of hydrogen-bond acceptors (Lipinski definition) is 4. The lowest BCUT2D eigenvalue weighted by Gasteiger charge is -2.12. The number of para-hydroxylation sites is 2. The molecule has 0 fully saturated rings. The van der Waals surface area contributed by atoms with Crippen LogP contribution in [0.5, 0.6) is 5.75 Å². The minimum Gasteiger partial charge on any atom is -0.433 e. The Bertz CT molecular complexity index is 872. The summed E-state index contributed by atoms with van der Waals surface area (Å²) in [5.41, 5.74) is -0.102.